The lowest BCUT2D eigenvalue weighted by Gasteiger charge is -2.19. The van der Waals surface area contributed by atoms with Gasteiger partial charge in [0.15, 0.2) is 0 Å². The summed E-state index contributed by atoms with van der Waals surface area (Å²) in [6.45, 7) is 1.39. The van der Waals surface area contributed by atoms with Crippen LogP contribution in [-0.2, 0) is 26.0 Å². The van der Waals surface area contributed by atoms with Gasteiger partial charge < -0.3 is 15.4 Å². The molecule has 0 saturated carbocycles. The van der Waals surface area contributed by atoms with E-state index < -0.39 is 22.0 Å². The van der Waals surface area contributed by atoms with Gasteiger partial charge in [-0.3, -0.25) is 9.59 Å². The minimum absolute atomic E-state index is 0.0937. The Morgan fingerprint density at radius 1 is 0.941 bits per heavy atom. The normalized spacial score (nSPS) is 12.0. The van der Waals surface area contributed by atoms with Crippen molar-refractivity contribution in [2.24, 2.45) is 0 Å². The third-order valence-corrected chi connectivity index (χ3v) is 6.57. The van der Waals surface area contributed by atoms with Crippen LogP contribution in [0.15, 0.2) is 77.7 Å². The van der Waals surface area contributed by atoms with Crippen molar-refractivity contribution >= 4 is 44.8 Å². The molecule has 0 bridgehead atoms. The number of carbonyl (C=O) groups is 2. The Bertz CT molecular complexity index is 1270. The smallest absolute Gasteiger partial charge is 0.242 e. The van der Waals surface area contributed by atoms with Crippen LogP contribution < -0.4 is 20.1 Å². The number of hydrogen-bond acceptors (Lipinski definition) is 5. The van der Waals surface area contributed by atoms with Crippen molar-refractivity contribution in [1.29, 1.82) is 0 Å². The second-order valence-electron chi connectivity index (χ2n) is 7.41. The van der Waals surface area contributed by atoms with E-state index in [1.165, 1.54) is 32.2 Å². The molecule has 0 saturated heterocycles. The van der Waals surface area contributed by atoms with Crippen LogP contribution in [0, 0.1) is 0 Å². The molecule has 0 spiro atoms. The fourth-order valence-electron chi connectivity index (χ4n) is 3.18. The number of benzene rings is 3. The van der Waals surface area contributed by atoms with Gasteiger partial charge in [-0.25, -0.2) is 8.42 Å². The topological polar surface area (TPSA) is 114 Å². The van der Waals surface area contributed by atoms with Gasteiger partial charge in [0.1, 0.15) is 11.8 Å². The lowest BCUT2D eigenvalue weighted by Crippen LogP contribution is -2.45. The van der Waals surface area contributed by atoms with Crippen molar-refractivity contribution in [1.82, 2.24) is 4.72 Å². The second-order valence-corrected chi connectivity index (χ2v) is 9.53. The van der Waals surface area contributed by atoms with E-state index in [1.807, 2.05) is 18.2 Å². The summed E-state index contributed by atoms with van der Waals surface area (Å²) < 4.78 is 33.7. The molecule has 8 nitrogen and oxygen atoms in total. The number of anilines is 2. The van der Waals surface area contributed by atoms with Gasteiger partial charge in [0.25, 0.3) is 0 Å². The van der Waals surface area contributed by atoms with Gasteiger partial charge >= 0.3 is 0 Å². The van der Waals surface area contributed by atoms with Gasteiger partial charge in [0.2, 0.25) is 21.8 Å². The Hall–Kier alpha value is -3.40. The van der Waals surface area contributed by atoms with Crippen LogP contribution in [0.25, 0.3) is 0 Å². The number of hydrogen-bond donors (Lipinski definition) is 3. The van der Waals surface area contributed by atoms with E-state index in [2.05, 4.69) is 15.4 Å². The number of amides is 2. The van der Waals surface area contributed by atoms with Crippen LogP contribution in [0.3, 0.4) is 0 Å². The molecule has 0 unspecified atom stereocenters. The number of methoxy groups -OCH3 is 1. The first-order valence-corrected chi connectivity index (χ1v) is 12.1. The van der Waals surface area contributed by atoms with E-state index in [0.717, 1.165) is 5.56 Å². The molecule has 2 amide bonds. The zero-order chi connectivity index (χ0) is 24.7. The standard InChI is InChI=1S/C24H24ClN3O5S/c1-16(29)26-18-8-10-19(11-9-18)27-24(30)22(14-17-6-4-3-5-7-17)28-34(31,32)20-12-13-23(33-2)21(25)15-20/h3-13,15,22,28H,14H2,1-2H3,(H,26,29)(H,27,30)/t22-/m0/s1. The van der Waals surface area contributed by atoms with Gasteiger partial charge in [0.05, 0.1) is 17.0 Å². The predicted octanol–water partition coefficient (Wildman–Crippen LogP) is 3.84. The summed E-state index contributed by atoms with van der Waals surface area (Å²) in [7, 11) is -2.66. The highest BCUT2D eigenvalue weighted by molar-refractivity contribution is 7.89. The first-order chi connectivity index (χ1) is 16.2. The molecule has 0 fully saturated rings. The molecule has 178 valence electrons. The van der Waals surface area contributed by atoms with E-state index in [-0.39, 0.29) is 22.2 Å². The Morgan fingerprint density at radius 2 is 1.56 bits per heavy atom. The number of rotatable bonds is 9. The van der Waals surface area contributed by atoms with Crippen LogP contribution in [0.2, 0.25) is 5.02 Å². The highest BCUT2D eigenvalue weighted by atomic mass is 35.5. The molecule has 0 aliphatic heterocycles. The average molecular weight is 502 g/mol. The summed E-state index contributed by atoms with van der Waals surface area (Å²) in [4.78, 5) is 24.2. The van der Waals surface area contributed by atoms with E-state index in [4.69, 9.17) is 16.3 Å². The summed E-state index contributed by atoms with van der Waals surface area (Å²) in [5.74, 6) is -0.422. The monoisotopic (exact) mass is 501 g/mol. The number of nitrogens with one attached hydrogen (secondary N) is 3. The molecule has 34 heavy (non-hydrogen) atoms. The molecule has 3 aromatic rings. The number of ether oxygens (including phenoxy) is 1. The van der Waals surface area contributed by atoms with Crippen molar-refractivity contribution in [2.45, 2.75) is 24.3 Å². The molecular formula is C24H24ClN3O5S. The van der Waals surface area contributed by atoms with E-state index in [9.17, 15) is 18.0 Å². The first-order valence-electron chi connectivity index (χ1n) is 10.3. The predicted molar refractivity (Wildman–Crippen MR) is 132 cm³/mol. The molecule has 0 heterocycles. The zero-order valence-electron chi connectivity index (χ0n) is 18.5. The van der Waals surface area contributed by atoms with Crippen LogP contribution in [-0.4, -0.2) is 33.4 Å². The third-order valence-electron chi connectivity index (χ3n) is 4.80. The van der Waals surface area contributed by atoms with Gasteiger partial charge in [-0.2, -0.15) is 4.72 Å². The average Bonchev–Trinajstić information content (AvgIpc) is 2.80. The maximum atomic E-state index is 13.1. The minimum atomic E-state index is -4.08. The van der Waals surface area contributed by atoms with Crippen molar-refractivity contribution in [3.63, 3.8) is 0 Å². The van der Waals surface area contributed by atoms with Crippen LogP contribution in [0.4, 0.5) is 11.4 Å². The Balaban J connectivity index is 1.83. The number of sulfonamides is 1. The maximum Gasteiger partial charge on any atom is 0.242 e. The van der Waals surface area contributed by atoms with E-state index in [1.54, 1.807) is 36.4 Å². The zero-order valence-corrected chi connectivity index (χ0v) is 20.1. The highest BCUT2D eigenvalue weighted by Gasteiger charge is 2.27. The van der Waals surface area contributed by atoms with E-state index in [0.29, 0.717) is 17.1 Å². The summed E-state index contributed by atoms with van der Waals surface area (Å²) in [6.07, 6.45) is 0.125. The quantitative estimate of drug-likeness (QED) is 0.412. The lowest BCUT2D eigenvalue weighted by atomic mass is 10.1. The second kappa shape index (κ2) is 11.1. The molecule has 3 rings (SSSR count). The van der Waals surface area contributed by atoms with Gasteiger partial charge in [-0.15, -0.1) is 0 Å². The van der Waals surface area contributed by atoms with Gasteiger partial charge in [0, 0.05) is 18.3 Å². The minimum Gasteiger partial charge on any atom is -0.495 e. The third kappa shape index (κ3) is 6.80. The Kier molecular flexibility index (Phi) is 8.27. The van der Waals surface area contributed by atoms with Crippen LogP contribution in [0.1, 0.15) is 12.5 Å². The summed E-state index contributed by atoms with van der Waals surface area (Å²) >= 11 is 6.09. The molecule has 3 N–H and O–H groups in total. The molecule has 0 radical (unpaired) electrons. The van der Waals surface area contributed by atoms with Crippen molar-refractivity contribution in [3.05, 3.63) is 83.4 Å². The van der Waals surface area contributed by atoms with Crippen molar-refractivity contribution in [2.75, 3.05) is 17.7 Å². The van der Waals surface area contributed by atoms with E-state index >= 15 is 0 Å². The van der Waals surface area contributed by atoms with Crippen molar-refractivity contribution < 1.29 is 22.7 Å². The molecule has 1 atom stereocenters. The van der Waals surface area contributed by atoms with Gasteiger partial charge in [-0.05, 0) is 54.4 Å². The van der Waals surface area contributed by atoms with Crippen LogP contribution >= 0.6 is 11.6 Å². The molecule has 0 aliphatic rings. The largest absolute Gasteiger partial charge is 0.495 e. The summed E-state index contributed by atoms with van der Waals surface area (Å²) in [5, 5.41) is 5.49. The SMILES string of the molecule is COc1ccc(S(=O)(=O)N[C@@H](Cc2ccccc2)C(=O)Nc2ccc(NC(C)=O)cc2)cc1Cl. The number of carbonyl (C=O) groups excluding carboxylic acids is 2. The fraction of sp³-hybridized carbons (Fsp3) is 0.167. The summed E-state index contributed by atoms with van der Waals surface area (Å²) in [5.41, 5.74) is 1.80. The number of halogens is 1. The highest BCUT2D eigenvalue weighted by Crippen LogP contribution is 2.27. The van der Waals surface area contributed by atoms with Gasteiger partial charge in [-0.1, -0.05) is 41.9 Å². The maximum absolute atomic E-state index is 13.1. The molecule has 0 aliphatic carbocycles. The van der Waals surface area contributed by atoms with Crippen molar-refractivity contribution in [3.8, 4) is 5.75 Å². The first kappa shape index (κ1) is 25.2. The lowest BCUT2D eigenvalue weighted by molar-refractivity contribution is -0.117. The Labute approximate surface area is 203 Å². The Morgan fingerprint density at radius 3 is 2.12 bits per heavy atom. The fourth-order valence-corrected chi connectivity index (χ4v) is 4.72. The molecule has 10 heteroatoms. The molecule has 0 aromatic heterocycles. The van der Waals surface area contributed by atoms with Crippen LogP contribution in [0.5, 0.6) is 5.75 Å². The molecular weight excluding hydrogens is 478 g/mol. The summed E-state index contributed by atoms with van der Waals surface area (Å²) in [6, 6.07) is 18.5. The molecule has 3 aromatic carbocycles.